The molecular formula is C13H16F2N2O. The number of halogens is 2. The number of benzene rings is 1. The zero-order chi connectivity index (χ0) is 13.0. The van der Waals surface area contributed by atoms with Gasteiger partial charge in [0.1, 0.15) is 0 Å². The Bertz CT molecular complexity index is 431. The zero-order valence-corrected chi connectivity index (χ0v) is 10.0. The molecule has 3 nitrogen and oxygen atoms in total. The first-order valence-corrected chi connectivity index (χ1v) is 6.07. The lowest BCUT2D eigenvalue weighted by molar-refractivity contribution is -0.120. The number of amides is 1. The average molecular weight is 254 g/mol. The molecule has 5 heteroatoms. The van der Waals surface area contributed by atoms with Crippen LogP contribution in [-0.4, -0.2) is 25.5 Å². The Morgan fingerprint density at radius 2 is 2.28 bits per heavy atom. The number of rotatable bonds is 4. The van der Waals surface area contributed by atoms with Crippen LogP contribution < -0.4 is 10.6 Å². The smallest absolute Gasteiger partial charge is 0.224 e. The van der Waals surface area contributed by atoms with Gasteiger partial charge in [0.25, 0.3) is 0 Å². The fraction of sp³-hybridized carbons (Fsp3) is 0.462. The first-order chi connectivity index (χ1) is 8.66. The summed E-state index contributed by atoms with van der Waals surface area (Å²) in [7, 11) is 0. The van der Waals surface area contributed by atoms with E-state index >= 15 is 0 Å². The van der Waals surface area contributed by atoms with Crippen LogP contribution >= 0.6 is 0 Å². The second-order valence-electron chi connectivity index (χ2n) is 4.55. The molecule has 1 amide bonds. The summed E-state index contributed by atoms with van der Waals surface area (Å²) >= 11 is 0. The minimum absolute atomic E-state index is 0.0945. The molecule has 1 atom stereocenters. The second-order valence-corrected chi connectivity index (χ2v) is 4.55. The summed E-state index contributed by atoms with van der Waals surface area (Å²) in [4.78, 5) is 11.6. The highest BCUT2D eigenvalue weighted by Crippen LogP contribution is 2.12. The molecule has 1 aromatic carbocycles. The summed E-state index contributed by atoms with van der Waals surface area (Å²) in [6.45, 7) is 2.45. The molecule has 1 aromatic rings. The molecule has 98 valence electrons. The topological polar surface area (TPSA) is 41.1 Å². The SMILES string of the molecule is O=C(Cc1cccc(F)c1F)NCC1CCNC1. The maximum Gasteiger partial charge on any atom is 0.224 e. The normalized spacial score (nSPS) is 18.9. The fourth-order valence-electron chi connectivity index (χ4n) is 2.07. The molecule has 0 aromatic heterocycles. The number of hydrogen-bond donors (Lipinski definition) is 2. The first-order valence-electron chi connectivity index (χ1n) is 6.07. The molecule has 0 bridgehead atoms. The molecule has 1 heterocycles. The van der Waals surface area contributed by atoms with E-state index in [1.165, 1.54) is 12.1 Å². The quantitative estimate of drug-likeness (QED) is 0.848. The van der Waals surface area contributed by atoms with E-state index in [0.717, 1.165) is 25.6 Å². The monoisotopic (exact) mass is 254 g/mol. The Morgan fingerprint density at radius 3 is 3.00 bits per heavy atom. The van der Waals surface area contributed by atoms with Crippen molar-refractivity contribution in [2.24, 2.45) is 5.92 Å². The number of carbonyl (C=O) groups is 1. The zero-order valence-electron chi connectivity index (χ0n) is 10.0. The summed E-state index contributed by atoms with van der Waals surface area (Å²) in [5, 5.41) is 5.95. The van der Waals surface area contributed by atoms with Gasteiger partial charge in [0.2, 0.25) is 5.91 Å². The Hall–Kier alpha value is -1.49. The van der Waals surface area contributed by atoms with Crippen molar-refractivity contribution in [1.82, 2.24) is 10.6 Å². The van der Waals surface area contributed by atoms with Crippen molar-refractivity contribution >= 4 is 5.91 Å². The number of carbonyl (C=O) groups excluding carboxylic acids is 1. The van der Waals surface area contributed by atoms with E-state index in [1.54, 1.807) is 0 Å². The molecule has 0 saturated carbocycles. The molecule has 1 aliphatic heterocycles. The molecule has 2 rings (SSSR count). The van der Waals surface area contributed by atoms with Crippen molar-refractivity contribution in [3.8, 4) is 0 Å². The number of hydrogen-bond acceptors (Lipinski definition) is 2. The highest BCUT2D eigenvalue weighted by molar-refractivity contribution is 5.78. The van der Waals surface area contributed by atoms with Gasteiger partial charge >= 0.3 is 0 Å². The van der Waals surface area contributed by atoms with Crippen molar-refractivity contribution in [2.75, 3.05) is 19.6 Å². The predicted octanol–water partition coefficient (Wildman–Crippen LogP) is 1.23. The van der Waals surface area contributed by atoms with Crippen LogP contribution in [0.3, 0.4) is 0 Å². The third-order valence-electron chi connectivity index (χ3n) is 3.13. The van der Waals surface area contributed by atoms with Gasteiger partial charge in [-0.25, -0.2) is 8.78 Å². The van der Waals surface area contributed by atoms with E-state index in [9.17, 15) is 13.6 Å². The van der Waals surface area contributed by atoms with Crippen molar-refractivity contribution < 1.29 is 13.6 Å². The molecular weight excluding hydrogens is 238 g/mol. The standard InChI is InChI=1S/C13H16F2N2O/c14-11-3-1-2-10(13(11)15)6-12(18)17-8-9-4-5-16-7-9/h1-3,9,16H,4-8H2,(H,17,18). The lowest BCUT2D eigenvalue weighted by Crippen LogP contribution is -2.31. The van der Waals surface area contributed by atoms with E-state index in [2.05, 4.69) is 10.6 Å². The summed E-state index contributed by atoms with van der Waals surface area (Å²) in [6, 6.07) is 3.87. The summed E-state index contributed by atoms with van der Waals surface area (Å²) in [5.41, 5.74) is 0.0945. The minimum Gasteiger partial charge on any atom is -0.355 e. The van der Waals surface area contributed by atoms with E-state index in [4.69, 9.17) is 0 Å². The largest absolute Gasteiger partial charge is 0.355 e. The second kappa shape index (κ2) is 5.91. The van der Waals surface area contributed by atoms with Gasteiger partial charge in [-0.2, -0.15) is 0 Å². The van der Waals surface area contributed by atoms with Gasteiger partial charge in [-0.1, -0.05) is 12.1 Å². The van der Waals surface area contributed by atoms with Crippen LogP contribution in [-0.2, 0) is 11.2 Å². The summed E-state index contributed by atoms with van der Waals surface area (Å²) in [5.74, 6) is -1.69. The van der Waals surface area contributed by atoms with E-state index in [1.807, 2.05) is 0 Å². The molecule has 1 unspecified atom stereocenters. The van der Waals surface area contributed by atoms with Gasteiger partial charge in [-0.05, 0) is 31.5 Å². The van der Waals surface area contributed by atoms with E-state index in [0.29, 0.717) is 12.5 Å². The van der Waals surface area contributed by atoms with Gasteiger partial charge in [0.15, 0.2) is 11.6 Å². The van der Waals surface area contributed by atoms with Crippen LogP contribution in [0.25, 0.3) is 0 Å². The average Bonchev–Trinajstić information content (AvgIpc) is 2.86. The maximum atomic E-state index is 13.3. The molecule has 0 spiro atoms. The van der Waals surface area contributed by atoms with Gasteiger partial charge in [0.05, 0.1) is 6.42 Å². The van der Waals surface area contributed by atoms with Gasteiger partial charge in [-0.15, -0.1) is 0 Å². The maximum absolute atomic E-state index is 13.3. The lowest BCUT2D eigenvalue weighted by Gasteiger charge is -2.10. The molecule has 1 saturated heterocycles. The van der Waals surface area contributed by atoms with Crippen LogP contribution in [0.5, 0.6) is 0 Å². The third-order valence-corrected chi connectivity index (χ3v) is 3.13. The first kappa shape index (κ1) is 13.0. The van der Waals surface area contributed by atoms with E-state index < -0.39 is 11.6 Å². The lowest BCUT2D eigenvalue weighted by atomic mass is 10.1. The molecule has 0 radical (unpaired) electrons. The predicted molar refractivity (Wildman–Crippen MR) is 64.0 cm³/mol. The summed E-state index contributed by atoms with van der Waals surface area (Å²) < 4.78 is 26.3. The van der Waals surface area contributed by atoms with Crippen molar-refractivity contribution in [3.05, 3.63) is 35.4 Å². The molecule has 18 heavy (non-hydrogen) atoms. The Morgan fingerprint density at radius 1 is 1.44 bits per heavy atom. The van der Waals surface area contributed by atoms with Crippen molar-refractivity contribution in [3.63, 3.8) is 0 Å². The molecule has 1 fully saturated rings. The Kier molecular flexibility index (Phi) is 4.25. The Labute approximate surface area is 105 Å². The van der Waals surface area contributed by atoms with Crippen molar-refractivity contribution in [1.29, 1.82) is 0 Å². The highest BCUT2D eigenvalue weighted by Gasteiger charge is 2.16. The molecule has 2 N–H and O–H groups in total. The molecule has 0 aliphatic carbocycles. The van der Waals surface area contributed by atoms with Crippen molar-refractivity contribution in [2.45, 2.75) is 12.8 Å². The van der Waals surface area contributed by atoms with Crippen LogP contribution in [0.2, 0.25) is 0 Å². The Balaban J connectivity index is 1.84. The minimum atomic E-state index is -0.935. The van der Waals surface area contributed by atoms with Crippen LogP contribution in [0.15, 0.2) is 18.2 Å². The van der Waals surface area contributed by atoms with Crippen LogP contribution in [0.4, 0.5) is 8.78 Å². The third kappa shape index (κ3) is 3.26. The fourth-order valence-corrected chi connectivity index (χ4v) is 2.07. The molecule has 1 aliphatic rings. The number of nitrogens with one attached hydrogen (secondary N) is 2. The summed E-state index contributed by atoms with van der Waals surface area (Å²) in [6.07, 6.45) is 0.915. The van der Waals surface area contributed by atoms with Gasteiger partial charge in [-0.3, -0.25) is 4.79 Å². The van der Waals surface area contributed by atoms with Gasteiger partial charge < -0.3 is 10.6 Å². The van der Waals surface area contributed by atoms with Gasteiger partial charge in [0, 0.05) is 12.1 Å². The van der Waals surface area contributed by atoms with Crippen LogP contribution in [0, 0.1) is 17.6 Å². The van der Waals surface area contributed by atoms with E-state index in [-0.39, 0.29) is 17.9 Å². The van der Waals surface area contributed by atoms with Crippen LogP contribution in [0.1, 0.15) is 12.0 Å². The highest BCUT2D eigenvalue weighted by atomic mass is 19.2.